The lowest BCUT2D eigenvalue weighted by atomic mass is 9.90. The molecule has 0 heterocycles. The molecule has 0 bridgehead atoms. The Labute approximate surface area is 175 Å². The van der Waals surface area contributed by atoms with E-state index >= 15 is 0 Å². The second-order valence-corrected chi connectivity index (χ2v) is 6.83. The topological polar surface area (TPSA) is 90.8 Å². The van der Waals surface area contributed by atoms with E-state index in [0.29, 0.717) is 5.56 Å². The first-order valence-corrected chi connectivity index (χ1v) is 9.53. The van der Waals surface area contributed by atoms with Gasteiger partial charge in [-0.1, -0.05) is 66.7 Å². The van der Waals surface area contributed by atoms with E-state index in [0.717, 1.165) is 16.7 Å². The highest BCUT2D eigenvalue weighted by molar-refractivity contribution is 5.91. The second-order valence-electron chi connectivity index (χ2n) is 6.83. The molecule has 30 heavy (non-hydrogen) atoms. The summed E-state index contributed by atoms with van der Waals surface area (Å²) in [6, 6.07) is 24.0. The highest BCUT2D eigenvalue weighted by Gasteiger charge is 2.22. The number of aromatic hydroxyl groups is 1. The molecule has 3 aromatic carbocycles. The summed E-state index contributed by atoms with van der Waals surface area (Å²) < 4.78 is 0. The highest BCUT2D eigenvalue weighted by Crippen LogP contribution is 2.24. The van der Waals surface area contributed by atoms with Gasteiger partial charge in [0.25, 0.3) is 5.91 Å². The molecule has 6 heteroatoms. The Kier molecular flexibility index (Phi) is 6.95. The monoisotopic (exact) mass is 401 g/mol. The van der Waals surface area contributed by atoms with Crippen LogP contribution in [0.4, 0.5) is 0 Å². The molecule has 3 aromatic rings. The van der Waals surface area contributed by atoms with Crippen molar-refractivity contribution in [3.8, 4) is 5.75 Å². The summed E-state index contributed by atoms with van der Waals surface area (Å²) in [7, 11) is 0. The molecule has 0 spiro atoms. The predicted molar refractivity (Wildman–Crippen MR) is 116 cm³/mol. The van der Waals surface area contributed by atoms with Crippen LogP contribution in [0.2, 0.25) is 0 Å². The molecule has 0 saturated carbocycles. The van der Waals surface area contributed by atoms with Crippen molar-refractivity contribution in [2.45, 2.75) is 12.8 Å². The number of carbonyl (C=O) groups excluding carboxylic acids is 2. The minimum atomic E-state index is -0.520. The van der Waals surface area contributed by atoms with Crippen molar-refractivity contribution in [1.82, 2.24) is 10.7 Å². The number of aryl methyl sites for hydroxylation is 1. The largest absolute Gasteiger partial charge is 0.507 e. The van der Waals surface area contributed by atoms with Gasteiger partial charge >= 0.3 is 0 Å². The van der Waals surface area contributed by atoms with Crippen LogP contribution in [0.25, 0.3) is 0 Å². The van der Waals surface area contributed by atoms with Gasteiger partial charge in [-0.25, -0.2) is 5.43 Å². The second kappa shape index (κ2) is 10.0. The first-order valence-electron chi connectivity index (χ1n) is 9.53. The average Bonchev–Trinajstić information content (AvgIpc) is 2.75. The van der Waals surface area contributed by atoms with Crippen molar-refractivity contribution in [3.05, 3.63) is 101 Å². The molecule has 0 fully saturated rings. The van der Waals surface area contributed by atoms with Gasteiger partial charge in [0.05, 0.1) is 18.7 Å². The maximum atomic E-state index is 12.9. The molecule has 3 N–H and O–H groups in total. The lowest BCUT2D eigenvalue weighted by Crippen LogP contribution is -2.37. The number of amides is 2. The van der Waals surface area contributed by atoms with Gasteiger partial charge in [0.15, 0.2) is 0 Å². The van der Waals surface area contributed by atoms with Crippen molar-refractivity contribution < 1.29 is 14.7 Å². The number of benzene rings is 3. The van der Waals surface area contributed by atoms with Gasteiger partial charge in [0.1, 0.15) is 5.75 Å². The zero-order chi connectivity index (χ0) is 21.3. The van der Waals surface area contributed by atoms with Crippen LogP contribution in [-0.4, -0.2) is 29.7 Å². The molecule has 0 aliphatic rings. The average molecular weight is 401 g/mol. The number of nitrogens with one attached hydrogen (secondary N) is 2. The van der Waals surface area contributed by atoms with Gasteiger partial charge in [-0.15, -0.1) is 0 Å². The molecule has 0 atom stereocenters. The Hall–Kier alpha value is -3.93. The third kappa shape index (κ3) is 5.54. The van der Waals surface area contributed by atoms with Crippen LogP contribution in [0.5, 0.6) is 5.75 Å². The fraction of sp³-hybridized carbons (Fsp3) is 0.125. The van der Waals surface area contributed by atoms with E-state index in [-0.39, 0.29) is 18.2 Å². The normalized spacial score (nSPS) is 10.9. The Morgan fingerprint density at radius 2 is 1.57 bits per heavy atom. The van der Waals surface area contributed by atoms with E-state index in [4.69, 9.17) is 0 Å². The summed E-state index contributed by atoms with van der Waals surface area (Å²) in [4.78, 5) is 24.9. The van der Waals surface area contributed by atoms with Crippen LogP contribution < -0.4 is 10.7 Å². The molecule has 3 rings (SSSR count). The van der Waals surface area contributed by atoms with E-state index in [1.165, 1.54) is 6.21 Å². The predicted octanol–water partition coefficient (Wildman–Crippen LogP) is 3.10. The molecular weight excluding hydrogens is 378 g/mol. The summed E-state index contributed by atoms with van der Waals surface area (Å²) in [5.74, 6) is -1.18. The maximum Gasteiger partial charge on any atom is 0.259 e. The first kappa shape index (κ1) is 20.8. The number of phenols is 1. The van der Waals surface area contributed by atoms with E-state index in [9.17, 15) is 14.7 Å². The molecular formula is C24H23N3O3. The number of hydrogen-bond acceptors (Lipinski definition) is 4. The minimum absolute atomic E-state index is 0.0786. The Morgan fingerprint density at radius 3 is 2.13 bits per heavy atom. The Bertz CT molecular complexity index is 995. The van der Waals surface area contributed by atoms with E-state index < -0.39 is 11.8 Å². The number of hydrazone groups is 1. The zero-order valence-electron chi connectivity index (χ0n) is 16.6. The summed E-state index contributed by atoms with van der Waals surface area (Å²) in [6.45, 7) is 1.65. The lowest BCUT2D eigenvalue weighted by Gasteiger charge is -2.17. The fourth-order valence-corrected chi connectivity index (χ4v) is 3.03. The molecule has 0 aliphatic heterocycles. The third-order valence-electron chi connectivity index (χ3n) is 4.53. The van der Waals surface area contributed by atoms with Crippen molar-refractivity contribution in [2.75, 3.05) is 6.54 Å². The maximum absolute atomic E-state index is 12.9. The number of nitrogens with zero attached hydrogens (tertiary/aromatic N) is 1. The van der Waals surface area contributed by atoms with Gasteiger partial charge in [0.2, 0.25) is 5.91 Å². The fourth-order valence-electron chi connectivity index (χ4n) is 3.03. The van der Waals surface area contributed by atoms with Gasteiger partial charge in [-0.3, -0.25) is 9.59 Å². The summed E-state index contributed by atoms with van der Waals surface area (Å²) in [5.41, 5.74) is 5.44. The van der Waals surface area contributed by atoms with Crippen LogP contribution in [0.15, 0.2) is 84.0 Å². The van der Waals surface area contributed by atoms with Gasteiger partial charge < -0.3 is 10.4 Å². The van der Waals surface area contributed by atoms with Gasteiger partial charge in [-0.05, 0) is 35.7 Å². The molecule has 0 unspecified atom stereocenters. The SMILES string of the molecule is Cc1ccc(/C=N\NC(=O)CNC(=O)C(c2ccccc2)c2ccccc2)c(O)c1. The van der Waals surface area contributed by atoms with Crippen LogP contribution in [0.1, 0.15) is 28.2 Å². The standard InChI is InChI=1S/C24H23N3O3/c1-17-12-13-20(21(28)14-17)15-26-27-22(29)16-25-24(30)23(18-8-4-2-5-9-18)19-10-6-3-7-11-19/h2-15,23,28H,16H2,1H3,(H,25,30)(H,27,29)/b26-15-. The summed E-state index contributed by atoms with van der Waals surface area (Å²) in [5, 5.41) is 16.4. The van der Waals surface area contributed by atoms with Crippen LogP contribution in [0, 0.1) is 6.92 Å². The molecule has 152 valence electrons. The van der Waals surface area contributed by atoms with Crippen molar-refractivity contribution in [3.63, 3.8) is 0 Å². The molecule has 0 saturated heterocycles. The van der Waals surface area contributed by atoms with E-state index in [2.05, 4.69) is 15.8 Å². The zero-order valence-corrected chi connectivity index (χ0v) is 16.6. The molecule has 0 aromatic heterocycles. The van der Waals surface area contributed by atoms with Crippen LogP contribution in [-0.2, 0) is 9.59 Å². The van der Waals surface area contributed by atoms with Crippen molar-refractivity contribution >= 4 is 18.0 Å². The third-order valence-corrected chi connectivity index (χ3v) is 4.53. The number of carbonyl (C=O) groups is 2. The molecule has 0 aliphatic carbocycles. The van der Waals surface area contributed by atoms with Gasteiger partial charge in [0, 0.05) is 5.56 Å². The Morgan fingerprint density at radius 1 is 0.967 bits per heavy atom. The molecule has 0 radical (unpaired) electrons. The lowest BCUT2D eigenvalue weighted by molar-refractivity contribution is -0.126. The minimum Gasteiger partial charge on any atom is -0.507 e. The van der Waals surface area contributed by atoms with Crippen LogP contribution >= 0.6 is 0 Å². The molecule has 2 amide bonds. The van der Waals surface area contributed by atoms with E-state index in [1.807, 2.05) is 73.7 Å². The van der Waals surface area contributed by atoms with E-state index in [1.54, 1.807) is 12.1 Å². The number of hydrogen-bond donors (Lipinski definition) is 3. The highest BCUT2D eigenvalue weighted by atomic mass is 16.3. The van der Waals surface area contributed by atoms with Crippen molar-refractivity contribution in [2.24, 2.45) is 5.10 Å². The summed E-state index contributed by atoms with van der Waals surface area (Å²) >= 11 is 0. The quantitative estimate of drug-likeness (QED) is 0.420. The Balaban J connectivity index is 1.61. The smallest absolute Gasteiger partial charge is 0.259 e. The van der Waals surface area contributed by atoms with Crippen LogP contribution in [0.3, 0.4) is 0 Å². The van der Waals surface area contributed by atoms with Gasteiger partial charge in [-0.2, -0.15) is 5.10 Å². The van der Waals surface area contributed by atoms with Crippen molar-refractivity contribution in [1.29, 1.82) is 0 Å². The molecule has 6 nitrogen and oxygen atoms in total. The number of rotatable bonds is 7. The first-order chi connectivity index (χ1) is 14.5. The summed E-state index contributed by atoms with van der Waals surface area (Å²) in [6.07, 6.45) is 1.35. The number of phenolic OH excluding ortho intramolecular Hbond substituents is 1.